The summed E-state index contributed by atoms with van der Waals surface area (Å²) in [7, 11) is 0. The van der Waals surface area contributed by atoms with Gasteiger partial charge in [0.05, 0.1) is 0 Å². The van der Waals surface area contributed by atoms with Crippen LogP contribution in [-0.2, 0) is 11.0 Å². The summed E-state index contributed by atoms with van der Waals surface area (Å²) < 4.78 is 93.4. The van der Waals surface area contributed by atoms with Crippen LogP contribution < -0.4 is 5.32 Å². The quantitative estimate of drug-likeness (QED) is 0.611. The Morgan fingerprint density at radius 3 is 2.19 bits per heavy atom. The van der Waals surface area contributed by atoms with Gasteiger partial charge in [0, 0.05) is 17.7 Å². The standard InChI is InChI=1S/C16H12F7N3O/c1-6(15(27)24-14-12(19)8(17)4-9(18)13(14)20)26-10(7-2-3-7)5-11(25-26)16(21,22)23/h4-7H,2-3H2,1H3,(H,24,27). The number of aromatic nitrogens is 2. The molecule has 2 aromatic rings. The number of nitrogens with zero attached hydrogens (tertiary/aromatic N) is 2. The van der Waals surface area contributed by atoms with Gasteiger partial charge >= 0.3 is 6.18 Å². The van der Waals surface area contributed by atoms with E-state index in [1.165, 1.54) is 0 Å². The maximum Gasteiger partial charge on any atom is 0.435 e. The molecular weight excluding hydrogens is 383 g/mol. The molecule has 1 saturated carbocycles. The third-order valence-electron chi connectivity index (χ3n) is 4.16. The van der Waals surface area contributed by atoms with Gasteiger partial charge in [-0.05, 0) is 25.8 Å². The topological polar surface area (TPSA) is 46.9 Å². The zero-order chi connectivity index (χ0) is 20.1. The number of halogens is 7. The third kappa shape index (κ3) is 3.62. The highest BCUT2D eigenvalue weighted by Gasteiger charge is 2.39. The van der Waals surface area contributed by atoms with Gasteiger partial charge < -0.3 is 5.32 Å². The second-order valence-corrected chi connectivity index (χ2v) is 6.18. The van der Waals surface area contributed by atoms with Crippen LogP contribution in [0.5, 0.6) is 0 Å². The van der Waals surface area contributed by atoms with E-state index in [-0.39, 0.29) is 17.7 Å². The van der Waals surface area contributed by atoms with Crippen molar-refractivity contribution >= 4 is 11.6 Å². The van der Waals surface area contributed by atoms with Crippen molar-refractivity contribution in [2.75, 3.05) is 5.32 Å². The maximum atomic E-state index is 13.7. The number of anilines is 1. The molecule has 1 aliphatic rings. The molecule has 1 aliphatic carbocycles. The number of alkyl halides is 3. The molecule has 1 aromatic heterocycles. The molecule has 0 bridgehead atoms. The van der Waals surface area contributed by atoms with Crippen LogP contribution in [0, 0.1) is 23.3 Å². The number of nitrogens with one attached hydrogen (secondary N) is 1. The molecule has 0 saturated heterocycles. The molecular formula is C16H12F7N3O. The average molecular weight is 395 g/mol. The Kier molecular flexibility index (Phi) is 4.64. The monoisotopic (exact) mass is 395 g/mol. The molecule has 1 amide bonds. The summed E-state index contributed by atoms with van der Waals surface area (Å²) in [5.74, 6) is -8.51. The molecule has 1 N–H and O–H groups in total. The lowest BCUT2D eigenvalue weighted by molar-refractivity contribution is -0.141. The van der Waals surface area contributed by atoms with E-state index in [9.17, 15) is 35.5 Å². The molecule has 27 heavy (non-hydrogen) atoms. The predicted octanol–water partition coefficient (Wildman–Crippen LogP) is 4.54. The van der Waals surface area contributed by atoms with Gasteiger partial charge in [0.1, 0.15) is 11.7 Å². The largest absolute Gasteiger partial charge is 0.435 e. The Labute approximate surface area is 148 Å². The zero-order valence-electron chi connectivity index (χ0n) is 13.7. The third-order valence-corrected chi connectivity index (χ3v) is 4.16. The van der Waals surface area contributed by atoms with Crippen LogP contribution in [0.3, 0.4) is 0 Å². The highest BCUT2D eigenvalue weighted by atomic mass is 19.4. The Morgan fingerprint density at radius 1 is 1.15 bits per heavy atom. The van der Waals surface area contributed by atoms with Gasteiger partial charge in [-0.15, -0.1) is 0 Å². The van der Waals surface area contributed by atoms with E-state index in [1.807, 2.05) is 0 Å². The normalized spacial score (nSPS) is 15.7. The summed E-state index contributed by atoms with van der Waals surface area (Å²) >= 11 is 0. The number of carbonyl (C=O) groups is 1. The molecule has 0 aliphatic heterocycles. The Hall–Kier alpha value is -2.59. The molecule has 0 spiro atoms. The molecule has 0 radical (unpaired) electrons. The summed E-state index contributed by atoms with van der Waals surface area (Å²) in [6.45, 7) is 1.15. The molecule has 1 atom stereocenters. The Balaban J connectivity index is 1.92. The Morgan fingerprint density at radius 2 is 1.70 bits per heavy atom. The van der Waals surface area contributed by atoms with Crippen LogP contribution >= 0.6 is 0 Å². The minimum atomic E-state index is -4.74. The molecule has 4 nitrogen and oxygen atoms in total. The lowest BCUT2D eigenvalue weighted by Gasteiger charge is -2.16. The average Bonchev–Trinajstić information content (AvgIpc) is 3.33. The highest BCUT2D eigenvalue weighted by Crippen LogP contribution is 2.43. The molecule has 1 aromatic carbocycles. The lowest BCUT2D eigenvalue weighted by atomic mass is 10.2. The van der Waals surface area contributed by atoms with E-state index in [4.69, 9.17) is 0 Å². The van der Waals surface area contributed by atoms with E-state index in [0.717, 1.165) is 17.7 Å². The van der Waals surface area contributed by atoms with Gasteiger partial charge in [0.15, 0.2) is 29.0 Å². The second-order valence-electron chi connectivity index (χ2n) is 6.18. The number of amides is 1. The van der Waals surface area contributed by atoms with E-state index < -0.39 is 52.8 Å². The summed E-state index contributed by atoms with van der Waals surface area (Å²) in [6.07, 6.45) is -3.53. The number of benzene rings is 1. The fourth-order valence-electron chi connectivity index (χ4n) is 2.56. The Bertz CT molecular complexity index is 876. The van der Waals surface area contributed by atoms with Crippen molar-refractivity contribution in [1.29, 1.82) is 0 Å². The SMILES string of the molecule is CC(C(=O)Nc1c(F)c(F)cc(F)c1F)n1nc(C(F)(F)F)cc1C1CC1. The summed E-state index contributed by atoms with van der Waals surface area (Å²) in [5.41, 5.74) is -2.42. The van der Waals surface area contributed by atoms with Crippen molar-refractivity contribution in [1.82, 2.24) is 9.78 Å². The van der Waals surface area contributed by atoms with Crippen molar-refractivity contribution in [3.8, 4) is 0 Å². The van der Waals surface area contributed by atoms with Gasteiger partial charge in [-0.2, -0.15) is 18.3 Å². The second kappa shape index (κ2) is 6.54. The smallest absolute Gasteiger partial charge is 0.319 e. The summed E-state index contributed by atoms with van der Waals surface area (Å²) in [6, 6.07) is -0.635. The van der Waals surface area contributed by atoms with E-state index in [2.05, 4.69) is 5.10 Å². The van der Waals surface area contributed by atoms with Crippen LogP contribution in [-0.4, -0.2) is 15.7 Å². The molecule has 1 fully saturated rings. The maximum absolute atomic E-state index is 13.7. The van der Waals surface area contributed by atoms with Gasteiger partial charge in [0.2, 0.25) is 5.91 Å². The molecule has 11 heteroatoms. The lowest BCUT2D eigenvalue weighted by Crippen LogP contribution is -2.27. The fourth-order valence-corrected chi connectivity index (χ4v) is 2.56. The van der Waals surface area contributed by atoms with Crippen LogP contribution in [0.25, 0.3) is 0 Å². The molecule has 3 rings (SSSR count). The van der Waals surface area contributed by atoms with Gasteiger partial charge in [-0.1, -0.05) is 0 Å². The molecule has 1 heterocycles. The number of hydrogen-bond acceptors (Lipinski definition) is 2. The van der Waals surface area contributed by atoms with Gasteiger partial charge in [0.25, 0.3) is 0 Å². The summed E-state index contributed by atoms with van der Waals surface area (Å²) in [4.78, 5) is 12.3. The van der Waals surface area contributed by atoms with Crippen LogP contribution in [0.4, 0.5) is 36.4 Å². The first-order chi connectivity index (χ1) is 12.5. The van der Waals surface area contributed by atoms with Crippen molar-refractivity contribution in [2.45, 2.75) is 37.9 Å². The van der Waals surface area contributed by atoms with Crippen LogP contribution in [0.2, 0.25) is 0 Å². The van der Waals surface area contributed by atoms with Crippen molar-refractivity contribution in [3.63, 3.8) is 0 Å². The first kappa shape index (κ1) is 19.2. The van der Waals surface area contributed by atoms with Crippen molar-refractivity contribution in [2.24, 2.45) is 0 Å². The van der Waals surface area contributed by atoms with E-state index >= 15 is 0 Å². The van der Waals surface area contributed by atoms with Crippen molar-refractivity contribution < 1.29 is 35.5 Å². The fraction of sp³-hybridized carbons (Fsp3) is 0.375. The van der Waals surface area contributed by atoms with Crippen molar-refractivity contribution in [3.05, 3.63) is 46.8 Å². The van der Waals surface area contributed by atoms with Crippen LogP contribution in [0.1, 0.15) is 43.1 Å². The number of carbonyl (C=O) groups excluding carboxylic acids is 1. The molecule has 146 valence electrons. The zero-order valence-corrected chi connectivity index (χ0v) is 13.7. The molecule has 1 unspecified atom stereocenters. The van der Waals surface area contributed by atoms with E-state index in [0.29, 0.717) is 12.8 Å². The predicted molar refractivity (Wildman–Crippen MR) is 78.8 cm³/mol. The first-order valence-corrected chi connectivity index (χ1v) is 7.81. The summed E-state index contributed by atoms with van der Waals surface area (Å²) in [5, 5.41) is 5.06. The van der Waals surface area contributed by atoms with E-state index in [1.54, 1.807) is 5.32 Å². The van der Waals surface area contributed by atoms with Gasteiger partial charge in [-0.3, -0.25) is 9.48 Å². The van der Waals surface area contributed by atoms with Gasteiger partial charge in [-0.25, -0.2) is 17.6 Å². The first-order valence-electron chi connectivity index (χ1n) is 7.81. The number of hydrogen-bond donors (Lipinski definition) is 1. The highest BCUT2D eigenvalue weighted by molar-refractivity contribution is 5.93. The number of rotatable bonds is 4. The minimum Gasteiger partial charge on any atom is -0.319 e. The van der Waals surface area contributed by atoms with Crippen LogP contribution in [0.15, 0.2) is 12.1 Å². The minimum absolute atomic E-state index is 0.0297.